The van der Waals surface area contributed by atoms with E-state index in [0.717, 1.165) is 5.56 Å². The summed E-state index contributed by atoms with van der Waals surface area (Å²) in [6.45, 7) is 6.23. The molecular formula is C26H24N2O6S. The van der Waals surface area contributed by atoms with Crippen molar-refractivity contribution in [1.29, 1.82) is 0 Å². The Morgan fingerprint density at radius 2 is 1.97 bits per heavy atom. The highest BCUT2D eigenvalue weighted by Gasteiger charge is 2.35. The van der Waals surface area contributed by atoms with Gasteiger partial charge in [0.15, 0.2) is 16.3 Å². The van der Waals surface area contributed by atoms with Gasteiger partial charge in [-0.1, -0.05) is 35.6 Å². The number of hydrogen-bond donors (Lipinski definition) is 0. The van der Waals surface area contributed by atoms with E-state index in [4.69, 9.17) is 18.9 Å². The van der Waals surface area contributed by atoms with Gasteiger partial charge in [-0.2, -0.15) is 0 Å². The van der Waals surface area contributed by atoms with Gasteiger partial charge in [0, 0.05) is 5.56 Å². The van der Waals surface area contributed by atoms with E-state index in [0.29, 0.717) is 50.0 Å². The van der Waals surface area contributed by atoms with E-state index >= 15 is 0 Å². The predicted molar refractivity (Wildman–Crippen MR) is 131 cm³/mol. The number of allylic oxidation sites excluding steroid dienone is 1. The average Bonchev–Trinajstić information content (AvgIpc) is 3.43. The molecule has 8 nitrogen and oxygen atoms in total. The van der Waals surface area contributed by atoms with Crippen LogP contribution in [0, 0.1) is 0 Å². The SMILES string of the molecule is CCOC(=O)C1=C(C)N=c2s/c(=C\c3ccc4c(c3)OCO4)c(=O)n2[C@@H]1c1ccccc1OCC. The quantitative estimate of drug-likeness (QED) is 0.492. The standard InChI is InChI=1S/C26H24N2O6S/c1-4-31-18-9-7-6-8-17(18)23-22(25(30)32-5-2)15(3)27-26-28(23)24(29)21(35-26)13-16-10-11-19-20(12-16)34-14-33-19/h6-13,23H,4-5,14H2,1-3H3/b21-13-/t23-/m1/s1. The number of para-hydroxylation sites is 1. The molecule has 0 unspecified atom stereocenters. The lowest BCUT2D eigenvalue weighted by Gasteiger charge is -2.26. The van der Waals surface area contributed by atoms with Gasteiger partial charge in [0.05, 0.1) is 29.0 Å². The maximum atomic E-state index is 13.7. The summed E-state index contributed by atoms with van der Waals surface area (Å²) in [6.07, 6.45) is 1.79. The molecule has 9 heteroatoms. The van der Waals surface area contributed by atoms with Gasteiger partial charge in [-0.25, -0.2) is 9.79 Å². The fourth-order valence-corrected chi connectivity index (χ4v) is 5.28. The highest BCUT2D eigenvalue weighted by Crippen LogP contribution is 2.36. The Bertz CT molecular complexity index is 1520. The number of aromatic nitrogens is 1. The molecule has 0 fully saturated rings. The Morgan fingerprint density at radius 3 is 2.77 bits per heavy atom. The van der Waals surface area contributed by atoms with Crippen molar-refractivity contribution in [1.82, 2.24) is 4.57 Å². The second-order valence-corrected chi connectivity index (χ2v) is 8.89. The van der Waals surface area contributed by atoms with Crippen molar-refractivity contribution < 1.29 is 23.7 Å². The van der Waals surface area contributed by atoms with Crippen molar-refractivity contribution in [3.05, 3.63) is 84.5 Å². The summed E-state index contributed by atoms with van der Waals surface area (Å²) in [6, 6.07) is 12.2. The molecule has 180 valence electrons. The van der Waals surface area contributed by atoms with Crippen LogP contribution < -0.4 is 29.1 Å². The minimum atomic E-state index is -0.730. The zero-order chi connectivity index (χ0) is 24.5. The number of thiazole rings is 1. The molecule has 3 heterocycles. The number of rotatable bonds is 6. The monoisotopic (exact) mass is 492 g/mol. The van der Waals surface area contributed by atoms with Gasteiger partial charge in [-0.3, -0.25) is 9.36 Å². The lowest BCUT2D eigenvalue weighted by molar-refractivity contribution is -0.139. The molecule has 0 bridgehead atoms. The first-order valence-electron chi connectivity index (χ1n) is 11.3. The van der Waals surface area contributed by atoms with Gasteiger partial charge in [0.25, 0.3) is 5.56 Å². The largest absolute Gasteiger partial charge is 0.494 e. The molecule has 2 aliphatic heterocycles. The number of carbonyl (C=O) groups excluding carboxylic acids is 1. The fourth-order valence-electron chi connectivity index (χ4n) is 4.23. The van der Waals surface area contributed by atoms with Crippen LogP contribution in [0.2, 0.25) is 0 Å². The second kappa shape index (κ2) is 9.42. The van der Waals surface area contributed by atoms with E-state index in [1.165, 1.54) is 11.3 Å². The molecule has 35 heavy (non-hydrogen) atoms. The molecule has 0 aliphatic carbocycles. The van der Waals surface area contributed by atoms with Gasteiger partial charge >= 0.3 is 5.97 Å². The molecule has 1 aromatic heterocycles. The third-order valence-corrected chi connectivity index (χ3v) is 6.71. The van der Waals surface area contributed by atoms with Crippen molar-refractivity contribution in [2.75, 3.05) is 20.0 Å². The van der Waals surface area contributed by atoms with Gasteiger partial charge < -0.3 is 18.9 Å². The molecule has 2 aliphatic rings. The van der Waals surface area contributed by atoms with E-state index < -0.39 is 12.0 Å². The minimum Gasteiger partial charge on any atom is -0.494 e. The maximum absolute atomic E-state index is 13.7. The molecule has 0 radical (unpaired) electrons. The van der Waals surface area contributed by atoms with Crippen LogP contribution in [0.5, 0.6) is 17.2 Å². The van der Waals surface area contributed by atoms with Crippen LogP contribution in [-0.2, 0) is 9.53 Å². The van der Waals surface area contributed by atoms with Crippen molar-refractivity contribution in [2.24, 2.45) is 4.99 Å². The Balaban J connectivity index is 1.71. The van der Waals surface area contributed by atoms with Crippen LogP contribution in [-0.4, -0.2) is 30.5 Å². The maximum Gasteiger partial charge on any atom is 0.338 e. The van der Waals surface area contributed by atoms with Gasteiger partial charge in [0.1, 0.15) is 11.8 Å². The third-order valence-electron chi connectivity index (χ3n) is 5.72. The summed E-state index contributed by atoms with van der Waals surface area (Å²) in [5.41, 5.74) is 2.07. The Hall–Kier alpha value is -3.85. The zero-order valence-electron chi connectivity index (χ0n) is 19.6. The minimum absolute atomic E-state index is 0.177. The Kier molecular flexibility index (Phi) is 6.17. The fraction of sp³-hybridized carbons (Fsp3) is 0.269. The Morgan fingerprint density at radius 1 is 1.17 bits per heavy atom. The second-order valence-electron chi connectivity index (χ2n) is 7.89. The molecule has 0 amide bonds. The molecule has 2 aromatic carbocycles. The number of benzene rings is 2. The van der Waals surface area contributed by atoms with E-state index in [-0.39, 0.29) is 19.0 Å². The molecule has 3 aromatic rings. The first-order valence-corrected chi connectivity index (χ1v) is 12.1. The number of fused-ring (bicyclic) bond motifs is 2. The topological polar surface area (TPSA) is 88.4 Å². The summed E-state index contributed by atoms with van der Waals surface area (Å²) in [7, 11) is 0. The molecule has 0 spiro atoms. The Labute approximate surface area is 205 Å². The van der Waals surface area contributed by atoms with Crippen molar-refractivity contribution in [3.8, 4) is 17.2 Å². The molecule has 5 rings (SSSR count). The number of esters is 1. The van der Waals surface area contributed by atoms with Gasteiger partial charge in [-0.15, -0.1) is 0 Å². The normalized spacial score (nSPS) is 16.7. The molecule has 1 atom stereocenters. The smallest absolute Gasteiger partial charge is 0.338 e. The summed E-state index contributed by atoms with van der Waals surface area (Å²) in [5, 5.41) is 0. The predicted octanol–water partition coefficient (Wildman–Crippen LogP) is 2.93. The summed E-state index contributed by atoms with van der Waals surface area (Å²) >= 11 is 1.27. The highest BCUT2D eigenvalue weighted by molar-refractivity contribution is 7.07. The number of ether oxygens (including phenoxy) is 4. The first-order chi connectivity index (χ1) is 17.0. The summed E-state index contributed by atoms with van der Waals surface area (Å²) < 4.78 is 24.1. The molecule has 0 saturated carbocycles. The van der Waals surface area contributed by atoms with Crippen LogP contribution in [0.1, 0.15) is 37.9 Å². The highest BCUT2D eigenvalue weighted by atomic mass is 32.1. The van der Waals surface area contributed by atoms with Crippen LogP contribution >= 0.6 is 11.3 Å². The summed E-state index contributed by atoms with van der Waals surface area (Å²) in [4.78, 5) is 31.9. The average molecular weight is 493 g/mol. The molecular weight excluding hydrogens is 468 g/mol. The van der Waals surface area contributed by atoms with Crippen LogP contribution in [0.4, 0.5) is 0 Å². The number of nitrogens with zero attached hydrogens (tertiary/aromatic N) is 2. The van der Waals surface area contributed by atoms with Crippen LogP contribution in [0.25, 0.3) is 6.08 Å². The third kappa shape index (κ3) is 4.12. The van der Waals surface area contributed by atoms with E-state index in [1.54, 1.807) is 24.5 Å². The number of carbonyl (C=O) groups is 1. The number of hydrogen-bond acceptors (Lipinski definition) is 8. The van der Waals surface area contributed by atoms with Crippen molar-refractivity contribution in [2.45, 2.75) is 26.8 Å². The van der Waals surface area contributed by atoms with Crippen molar-refractivity contribution >= 4 is 23.4 Å². The van der Waals surface area contributed by atoms with Crippen LogP contribution in [0.3, 0.4) is 0 Å². The van der Waals surface area contributed by atoms with Gasteiger partial charge in [0.2, 0.25) is 6.79 Å². The van der Waals surface area contributed by atoms with Crippen LogP contribution in [0.15, 0.2) is 63.5 Å². The molecule has 0 saturated heterocycles. The molecule has 0 N–H and O–H groups in total. The summed E-state index contributed by atoms with van der Waals surface area (Å²) in [5.74, 6) is 1.40. The van der Waals surface area contributed by atoms with Gasteiger partial charge in [-0.05, 0) is 50.6 Å². The van der Waals surface area contributed by atoms with Crippen molar-refractivity contribution in [3.63, 3.8) is 0 Å². The lowest BCUT2D eigenvalue weighted by atomic mass is 9.95. The van der Waals surface area contributed by atoms with E-state index in [2.05, 4.69) is 4.99 Å². The van der Waals surface area contributed by atoms with E-state index in [1.807, 2.05) is 49.4 Å². The van der Waals surface area contributed by atoms with E-state index in [9.17, 15) is 9.59 Å². The first kappa shape index (κ1) is 22.9. The lowest BCUT2D eigenvalue weighted by Crippen LogP contribution is -2.40. The zero-order valence-corrected chi connectivity index (χ0v) is 20.4.